The van der Waals surface area contributed by atoms with E-state index in [0.29, 0.717) is 40.2 Å². The SMILES string of the molecule is COC(=O)C1=C(C)N=C2SC=C(CC(=O)NCc3cccnc3)N2[C@@H]1c1ccc(OC)cc1OC. The number of amides is 1. The van der Waals surface area contributed by atoms with Crippen LogP contribution in [0.5, 0.6) is 11.5 Å². The average Bonchev–Trinajstić information content (AvgIpc) is 3.28. The van der Waals surface area contributed by atoms with Gasteiger partial charge >= 0.3 is 5.97 Å². The van der Waals surface area contributed by atoms with Crippen LogP contribution in [0.2, 0.25) is 0 Å². The lowest BCUT2D eigenvalue weighted by Gasteiger charge is -2.36. The zero-order valence-electron chi connectivity index (χ0n) is 19.9. The van der Waals surface area contributed by atoms with E-state index >= 15 is 0 Å². The first-order valence-corrected chi connectivity index (χ1v) is 11.7. The molecule has 0 radical (unpaired) electrons. The van der Waals surface area contributed by atoms with Crippen LogP contribution in [-0.4, -0.2) is 48.3 Å². The molecule has 0 fully saturated rings. The maximum atomic E-state index is 12.9. The Hall–Kier alpha value is -3.79. The molecular weight excluding hydrogens is 468 g/mol. The molecule has 1 N–H and O–H groups in total. The van der Waals surface area contributed by atoms with Crippen molar-refractivity contribution in [1.82, 2.24) is 15.2 Å². The third-order valence-corrected chi connectivity index (χ3v) is 6.58. The molecule has 1 amide bonds. The summed E-state index contributed by atoms with van der Waals surface area (Å²) >= 11 is 1.41. The fourth-order valence-corrected chi connectivity index (χ4v) is 4.97. The van der Waals surface area contributed by atoms with Gasteiger partial charge in [0, 0.05) is 36.3 Å². The molecule has 2 aromatic rings. The second-order valence-electron chi connectivity index (χ2n) is 7.81. The largest absolute Gasteiger partial charge is 0.497 e. The zero-order valence-corrected chi connectivity index (χ0v) is 20.7. The number of thioether (sulfide) groups is 1. The molecule has 0 unspecified atom stereocenters. The molecule has 182 valence electrons. The van der Waals surface area contributed by atoms with Crippen molar-refractivity contribution in [1.29, 1.82) is 0 Å². The van der Waals surface area contributed by atoms with E-state index in [1.807, 2.05) is 28.5 Å². The number of fused-ring (bicyclic) bond motifs is 1. The number of aliphatic imine (C=N–C) groups is 1. The van der Waals surface area contributed by atoms with Crippen LogP contribution >= 0.6 is 11.8 Å². The summed E-state index contributed by atoms with van der Waals surface area (Å²) in [7, 11) is 4.48. The minimum Gasteiger partial charge on any atom is -0.497 e. The third kappa shape index (κ3) is 5.02. The van der Waals surface area contributed by atoms with Gasteiger partial charge < -0.3 is 24.4 Å². The smallest absolute Gasteiger partial charge is 0.338 e. The standard InChI is InChI=1S/C25H26N4O5S/c1-15-22(24(31)34-4)23(19-8-7-18(32-2)11-20(19)33-3)29-17(14-35-25(29)28-15)10-21(30)27-13-16-6-5-9-26-12-16/h5-9,11-12,14,23H,10,13H2,1-4H3,(H,27,30)/t23-/m1/s1. The molecule has 3 heterocycles. The lowest BCUT2D eigenvalue weighted by Crippen LogP contribution is -2.38. The summed E-state index contributed by atoms with van der Waals surface area (Å²) < 4.78 is 16.1. The number of hydrogen-bond donors (Lipinski definition) is 1. The van der Waals surface area contributed by atoms with E-state index in [2.05, 4.69) is 15.3 Å². The number of carbonyl (C=O) groups is 2. The molecule has 10 heteroatoms. The molecule has 0 bridgehead atoms. The third-order valence-electron chi connectivity index (χ3n) is 5.70. The van der Waals surface area contributed by atoms with Crippen LogP contribution in [-0.2, 0) is 20.9 Å². The van der Waals surface area contributed by atoms with Gasteiger partial charge in [0.25, 0.3) is 0 Å². The summed E-state index contributed by atoms with van der Waals surface area (Å²) in [5.41, 5.74) is 3.28. The fourth-order valence-electron chi connectivity index (χ4n) is 4.01. The Bertz CT molecular complexity index is 1230. The Kier molecular flexibility index (Phi) is 7.40. The first-order valence-electron chi connectivity index (χ1n) is 10.9. The van der Waals surface area contributed by atoms with Crippen LogP contribution in [0.25, 0.3) is 0 Å². The van der Waals surface area contributed by atoms with Gasteiger partial charge in [-0.25, -0.2) is 9.79 Å². The van der Waals surface area contributed by atoms with E-state index in [-0.39, 0.29) is 12.3 Å². The molecule has 1 aromatic heterocycles. The van der Waals surface area contributed by atoms with Gasteiger partial charge in [0.2, 0.25) is 5.91 Å². The molecule has 0 spiro atoms. The predicted molar refractivity (Wildman–Crippen MR) is 133 cm³/mol. The first-order chi connectivity index (χ1) is 17.0. The van der Waals surface area contributed by atoms with Gasteiger partial charge in [-0.2, -0.15) is 0 Å². The lowest BCUT2D eigenvalue weighted by atomic mass is 9.93. The Balaban J connectivity index is 1.67. The molecule has 4 rings (SSSR count). The van der Waals surface area contributed by atoms with Gasteiger partial charge in [0.15, 0.2) is 5.17 Å². The molecule has 0 aliphatic carbocycles. The number of aromatic nitrogens is 1. The molecule has 2 aliphatic rings. The number of pyridine rings is 1. The number of benzene rings is 1. The average molecular weight is 495 g/mol. The van der Waals surface area contributed by atoms with Crippen molar-refractivity contribution in [2.45, 2.75) is 25.9 Å². The van der Waals surface area contributed by atoms with Crippen LogP contribution in [0.1, 0.15) is 30.5 Å². The van der Waals surface area contributed by atoms with Crippen LogP contribution in [0.3, 0.4) is 0 Å². The maximum absolute atomic E-state index is 12.9. The normalized spacial score (nSPS) is 16.8. The van der Waals surface area contributed by atoms with Crippen molar-refractivity contribution in [3.8, 4) is 11.5 Å². The molecular formula is C25H26N4O5S. The van der Waals surface area contributed by atoms with Crippen molar-refractivity contribution in [2.75, 3.05) is 21.3 Å². The number of methoxy groups -OCH3 is 3. The number of rotatable bonds is 8. The van der Waals surface area contributed by atoms with E-state index in [4.69, 9.17) is 14.2 Å². The van der Waals surface area contributed by atoms with Crippen LogP contribution < -0.4 is 14.8 Å². The minimum atomic E-state index is -0.594. The monoisotopic (exact) mass is 494 g/mol. The molecule has 1 atom stereocenters. The molecule has 1 aromatic carbocycles. The second-order valence-corrected chi connectivity index (χ2v) is 8.64. The van der Waals surface area contributed by atoms with E-state index in [1.54, 1.807) is 45.7 Å². The highest BCUT2D eigenvalue weighted by atomic mass is 32.2. The molecule has 2 aliphatic heterocycles. The van der Waals surface area contributed by atoms with E-state index in [1.165, 1.54) is 18.9 Å². The van der Waals surface area contributed by atoms with Crippen LogP contribution in [0, 0.1) is 0 Å². The van der Waals surface area contributed by atoms with Gasteiger partial charge in [-0.3, -0.25) is 9.78 Å². The molecule has 35 heavy (non-hydrogen) atoms. The van der Waals surface area contributed by atoms with Crippen LogP contribution in [0.15, 0.2) is 70.1 Å². The van der Waals surface area contributed by atoms with Crippen molar-refractivity contribution < 1.29 is 23.8 Å². The summed E-state index contributed by atoms with van der Waals surface area (Å²) in [6, 6.07) is 8.55. The van der Waals surface area contributed by atoms with Gasteiger partial charge in [0.1, 0.15) is 11.5 Å². The summed E-state index contributed by atoms with van der Waals surface area (Å²) in [5, 5.41) is 5.49. The van der Waals surface area contributed by atoms with E-state index in [0.717, 1.165) is 11.1 Å². The number of nitrogens with zero attached hydrogens (tertiary/aromatic N) is 3. The topological polar surface area (TPSA) is 102 Å². The van der Waals surface area contributed by atoms with Crippen molar-refractivity contribution in [3.05, 3.63) is 76.2 Å². The van der Waals surface area contributed by atoms with Crippen LogP contribution in [0.4, 0.5) is 0 Å². The predicted octanol–water partition coefficient (Wildman–Crippen LogP) is 3.55. The van der Waals surface area contributed by atoms with Gasteiger partial charge in [0.05, 0.1) is 45.1 Å². The minimum absolute atomic E-state index is 0.106. The summed E-state index contributed by atoms with van der Waals surface area (Å²) in [4.78, 5) is 36.4. The van der Waals surface area contributed by atoms with Gasteiger partial charge in [-0.15, -0.1) is 0 Å². The Labute approximate surface area is 207 Å². The highest BCUT2D eigenvalue weighted by molar-refractivity contribution is 8.16. The fraction of sp³-hybridized carbons (Fsp3) is 0.280. The van der Waals surface area contributed by atoms with Crippen molar-refractivity contribution >= 4 is 28.8 Å². The number of carbonyl (C=O) groups excluding carboxylic acids is 2. The highest BCUT2D eigenvalue weighted by Gasteiger charge is 2.42. The van der Waals surface area contributed by atoms with Crippen molar-refractivity contribution in [3.63, 3.8) is 0 Å². The van der Waals surface area contributed by atoms with E-state index in [9.17, 15) is 9.59 Å². The number of ether oxygens (including phenoxy) is 3. The maximum Gasteiger partial charge on any atom is 0.338 e. The van der Waals surface area contributed by atoms with Gasteiger partial charge in [-0.1, -0.05) is 17.8 Å². The summed E-state index contributed by atoms with van der Waals surface area (Å²) in [6.07, 6.45) is 3.50. The number of amidine groups is 1. The molecule has 0 saturated carbocycles. The Morgan fingerprint density at radius 2 is 2.00 bits per heavy atom. The van der Waals surface area contributed by atoms with E-state index < -0.39 is 12.0 Å². The second kappa shape index (κ2) is 10.6. The summed E-state index contributed by atoms with van der Waals surface area (Å²) in [6.45, 7) is 2.15. The molecule has 0 saturated heterocycles. The number of nitrogens with one attached hydrogen (secondary N) is 1. The highest BCUT2D eigenvalue weighted by Crippen LogP contribution is 2.47. The lowest BCUT2D eigenvalue weighted by molar-refractivity contribution is -0.136. The quantitative estimate of drug-likeness (QED) is 0.556. The Morgan fingerprint density at radius 1 is 1.17 bits per heavy atom. The number of esters is 1. The first kappa shape index (κ1) is 24.3. The Morgan fingerprint density at radius 3 is 2.69 bits per heavy atom. The van der Waals surface area contributed by atoms with Gasteiger partial charge in [-0.05, 0) is 36.1 Å². The number of hydrogen-bond acceptors (Lipinski definition) is 9. The number of allylic oxidation sites excluding steroid dienone is 1. The molecule has 9 nitrogen and oxygen atoms in total. The van der Waals surface area contributed by atoms with Crippen molar-refractivity contribution in [2.24, 2.45) is 4.99 Å². The zero-order chi connectivity index (χ0) is 24.9. The summed E-state index contributed by atoms with van der Waals surface area (Å²) in [5.74, 6) is 0.512.